The van der Waals surface area contributed by atoms with Gasteiger partial charge in [0.15, 0.2) is 0 Å². The van der Waals surface area contributed by atoms with E-state index in [9.17, 15) is 14.0 Å². The lowest BCUT2D eigenvalue weighted by Gasteiger charge is -2.38. The number of anilines is 1. The average molecular weight is 395 g/mol. The fourth-order valence-corrected chi connectivity index (χ4v) is 4.24. The Balaban J connectivity index is 1.35. The van der Waals surface area contributed by atoms with Crippen molar-refractivity contribution in [3.8, 4) is 0 Å². The lowest BCUT2D eigenvalue weighted by atomic mass is 10.1. The van der Waals surface area contributed by atoms with Gasteiger partial charge >= 0.3 is 0 Å². The molecule has 6 heteroatoms. The molecule has 2 aromatic carbocycles. The molecule has 0 spiro atoms. The van der Waals surface area contributed by atoms with Crippen molar-refractivity contribution >= 4 is 17.5 Å². The van der Waals surface area contributed by atoms with Crippen LogP contribution in [0.4, 0.5) is 10.1 Å². The second-order valence-electron chi connectivity index (χ2n) is 7.70. The summed E-state index contributed by atoms with van der Waals surface area (Å²) in [5, 5.41) is 0. The Morgan fingerprint density at radius 3 is 2.28 bits per heavy atom. The molecule has 2 aliphatic heterocycles. The molecule has 0 N–H and O–H groups in total. The molecule has 2 aromatic rings. The van der Waals surface area contributed by atoms with Crippen LogP contribution in [0.3, 0.4) is 0 Å². The summed E-state index contributed by atoms with van der Waals surface area (Å²) in [4.78, 5) is 31.7. The van der Waals surface area contributed by atoms with E-state index >= 15 is 0 Å². The van der Waals surface area contributed by atoms with Gasteiger partial charge in [-0.1, -0.05) is 30.3 Å². The van der Waals surface area contributed by atoms with Crippen LogP contribution in [0.15, 0.2) is 54.6 Å². The fraction of sp³-hybridized carbons (Fsp3) is 0.391. The van der Waals surface area contributed by atoms with Gasteiger partial charge in [0.2, 0.25) is 11.8 Å². The molecule has 0 bridgehead atoms. The van der Waals surface area contributed by atoms with Gasteiger partial charge in [-0.3, -0.25) is 9.59 Å². The van der Waals surface area contributed by atoms with Gasteiger partial charge in [0, 0.05) is 38.4 Å². The maximum atomic E-state index is 13.1. The first kappa shape index (κ1) is 19.4. The molecule has 0 aliphatic carbocycles. The largest absolute Gasteiger partial charge is 0.368 e. The van der Waals surface area contributed by atoms with Crippen molar-refractivity contribution in [1.29, 1.82) is 0 Å². The van der Waals surface area contributed by atoms with Gasteiger partial charge in [-0.05, 0) is 42.7 Å². The van der Waals surface area contributed by atoms with Crippen molar-refractivity contribution in [2.24, 2.45) is 0 Å². The van der Waals surface area contributed by atoms with Crippen molar-refractivity contribution < 1.29 is 14.0 Å². The predicted molar refractivity (Wildman–Crippen MR) is 110 cm³/mol. The molecular weight excluding hydrogens is 369 g/mol. The van der Waals surface area contributed by atoms with Gasteiger partial charge < -0.3 is 14.7 Å². The molecule has 1 unspecified atom stereocenters. The van der Waals surface area contributed by atoms with Crippen LogP contribution in [0.1, 0.15) is 18.4 Å². The molecule has 2 aliphatic rings. The van der Waals surface area contributed by atoms with Crippen molar-refractivity contribution in [1.82, 2.24) is 9.80 Å². The highest BCUT2D eigenvalue weighted by Gasteiger charge is 2.37. The monoisotopic (exact) mass is 395 g/mol. The number of piperazine rings is 1. The summed E-state index contributed by atoms with van der Waals surface area (Å²) in [5.74, 6) is -0.163. The number of hydrogen-bond donors (Lipinski definition) is 0. The maximum Gasteiger partial charge on any atom is 0.245 e. The van der Waals surface area contributed by atoms with Crippen LogP contribution in [-0.2, 0) is 16.0 Å². The lowest BCUT2D eigenvalue weighted by Crippen LogP contribution is -2.54. The SMILES string of the molecule is O=C(C1CCCN1C(=O)Cc1ccccc1)N1CCN(c2ccc(F)cc2)CC1. The van der Waals surface area contributed by atoms with Crippen LogP contribution >= 0.6 is 0 Å². The van der Waals surface area contributed by atoms with E-state index in [0.29, 0.717) is 39.1 Å². The number of nitrogens with zero attached hydrogens (tertiary/aromatic N) is 3. The predicted octanol–water partition coefficient (Wildman–Crippen LogP) is 2.71. The number of halogens is 1. The minimum atomic E-state index is -0.344. The summed E-state index contributed by atoms with van der Waals surface area (Å²) < 4.78 is 13.1. The summed E-state index contributed by atoms with van der Waals surface area (Å²) in [6.07, 6.45) is 1.94. The van der Waals surface area contributed by atoms with E-state index in [1.807, 2.05) is 35.2 Å². The van der Waals surface area contributed by atoms with Crippen LogP contribution in [0, 0.1) is 5.82 Å². The zero-order valence-corrected chi connectivity index (χ0v) is 16.5. The molecule has 2 amide bonds. The van der Waals surface area contributed by atoms with Crippen LogP contribution in [0.5, 0.6) is 0 Å². The average Bonchev–Trinajstić information content (AvgIpc) is 3.25. The Kier molecular flexibility index (Phi) is 5.79. The number of benzene rings is 2. The van der Waals surface area contributed by atoms with E-state index in [4.69, 9.17) is 0 Å². The molecule has 5 nitrogen and oxygen atoms in total. The minimum Gasteiger partial charge on any atom is -0.368 e. The van der Waals surface area contributed by atoms with E-state index in [2.05, 4.69) is 4.90 Å². The number of amides is 2. The standard InChI is InChI=1S/C23H26FN3O2/c24-19-8-10-20(11-9-19)25-13-15-26(16-14-25)23(29)21-7-4-12-27(21)22(28)17-18-5-2-1-3-6-18/h1-3,5-6,8-11,21H,4,7,12-17H2. The molecule has 0 radical (unpaired) electrons. The van der Waals surface area contributed by atoms with Crippen LogP contribution < -0.4 is 4.90 Å². The smallest absolute Gasteiger partial charge is 0.245 e. The fourth-order valence-electron chi connectivity index (χ4n) is 4.24. The summed E-state index contributed by atoms with van der Waals surface area (Å²) in [6, 6.07) is 15.8. The summed E-state index contributed by atoms with van der Waals surface area (Å²) >= 11 is 0. The molecule has 2 fully saturated rings. The number of hydrogen-bond acceptors (Lipinski definition) is 3. The second-order valence-corrected chi connectivity index (χ2v) is 7.70. The Hall–Kier alpha value is -2.89. The van der Waals surface area contributed by atoms with Gasteiger partial charge in [0.1, 0.15) is 11.9 Å². The third kappa shape index (κ3) is 4.42. The molecule has 152 valence electrons. The van der Waals surface area contributed by atoms with E-state index in [0.717, 1.165) is 24.1 Å². The van der Waals surface area contributed by atoms with Gasteiger partial charge in [-0.2, -0.15) is 0 Å². The van der Waals surface area contributed by atoms with Gasteiger partial charge in [0.05, 0.1) is 6.42 Å². The highest BCUT2D eigenvalue weighted by molar-refractivity contribution is 5.89. The van der Waals surface area contributed by atoms with Crippen LogP contribution in [-0.4, -0.2) is 60.4 Å². The number of carbonyl (C=O) groups excluding carboxylic acids is 2. The minimum absolute atomic E-state index is 0.0250. The van der Waals surface area contributed by atoms with Crippen molar-refractivity contribution in [2.75, 3.05) is 37.6 Å². The molecule has 2 heterocycles. The molecule has 0 aromatic heterocycles. The summed E-state index contributed by atoms with van der Waals surface area (Å²) in [7, 11) is 0. The topological polar surface area (TPSA) is 43.9 Å². The maximum absolute atomic E-state index is 13.1. The molecular formula is C23H26FN3O2. The van der Waals surface area contributed by atoms with E-state index in [1.165, 1.54) is 12.1 Å². The first-order valence-electron chi connectivity index (χ1n) is 10.2. The molecule has 1 atom stereocenters. The van der Waals surface area contributed by atoms with E-state index in [-0.39, 0.29) is 23.7 Å². The Bertz CT molecular complexity index is 848. The zero-order chi connectivity index (χ0) is 20.2. The Morgan fingerprint density at radius 1 is 0.897 bits per heavy atom. The quantitative estimate of drug-likeness (QED) is 0.800. The first-order valence-corrected chi connectivity index (χ1v) is 10.2. The highest BCUT2D eigenvalue weighted by atomic mass is 19.1. The lowest BCUT2D eigenvalue weighted by molar-refractivity contribution is -0.143. The Morgan fingerprint density at radius 2 is 1.59 bits per heavy atom. The molecule has 0 saturated carbocycles. The molecule has 29 heavy (non-hydrogen) atoms. The normalized spacial score (nSPS) is 19.5. The first-order chi connectivity index (χ1) is 14.1. The third-order valence-electron chi connectivity index (χ3n) is 5.84. The van der Waals surface area contributed by atoms with Gasteiger partial charge in [-0.15, -0.1) is 0 Å². The summed E-state index contributed by atoms with van der Waals surface area (Å²) in [6.45, 7) is 3.31. The van der Waals surface area contributed by atoms with E-state index in [1.54, 1.807) is 17.0 Å². The van der Waals surface area contributed by atoms with Gasteiger partial charge in [0.25, 0.3) is 0 Å². The van der Waals surface area contributed by atoms with Crippen molar-refractivity contribution in [2.45, 2.75) is 25.3 Å². The van der Waals surface area contributed by atoms with Crippen molar-refractivity contribution in [3.63, 3.8) is 0 Å². The number of carbonyl (C=O) groups is 2. The number of rotatable bonds is 4. The summed E-state index contributed by atoms with van der Waals surface area (Å²) in [5.41, 5.74) is 1.95. The third-order valence-corrected chi connectivity index (χ3v) is 5.84. The zero-order valence-electron chi connectivity index (χ0n) is 16.5. The molecule has 4 rings (SSSR count). The highest BCUT2D eigenvalue weighted by Crippen LogP contribution is 2.23. The second kappa shape index (κ2) is 8.64. The van der Waals surface area contributed by atoms with Crippen LogP contribution in [0.2, 0.25) is 0 Å². The molecule has 2 saturated heterocycles. The van der Waals surface area contributed by atoms with Crippen molar-refractivity contribution in [3.05, 3.63) is 66.0 Å². The Labute approximate surface area is 170 Å². The van der Waals surface area contributed by atoms with Crippen LogP contribution in [0.25, 0.3) is 0 Å². The van der Waals surface area contributed by atoms with Gasteiger partial charge in [-0.25, -0.2) is 4.39 Å². The van der Waals surface area contributed by atoms with E-state index < -0.39 is 0 Å². The number of likely N-dealkylation sites (tertiary alicyclic amines) is 1.